The predicted octanol–water partition coefficient (Wildman–Crippen LogP) is 7.34. The van der Waals surface area contributed by atoms with Gasteiger partial charge in [-0.2, -0.15) is 0 Å². The van der Waals surface area contributed by atoms with Crippen LogP contribution < -0.4 is 9.47 Å². The van der Waals surface area contributed by atoms with Crippen LogP contribution in [0.4, 0.5) is 0 Å². The molecule has 0 saturated carbocycles. The van der Waals surface area contributed by atoms with Crippen LogP contribution in [-0.2, 0) is 19.1 Å². The molecule has 0 aromatic heterocycles. The lowest BCUT2D eigenvalue weighted by atomic mass is 9.96. The van der Waals surface area contributed by atoms with Crippen LogP contribution in [0.1, 0.15) is 100 Å². The number of benzene rings is 2. The minimum Gasteiger partial charge on any atom is -0.490 e. The molecule has 0 aliphatic heterocycles. The van der Waals surface area contributed by atoms with E-state index in [4.69, 9.17) is 9.47 Å². The summed E-state index contributed by atoms with van der Waals surface area (Å²) in [4.78, 5) is 21.6. The summed E-state index contributed by atoms with van der Waals surface area (Å²) < 4.78 is 20.8. The molecular weight excluding hydrogens is 560 g/mol. The van der Waals surface area contributed by atoms with E-state index in [1.54, 1.807) is 0 Å². The number of ether oxygens (including phenoxy) is 4. The van der Waals surface area contributed by atoms with Crippen molar-refractivity contribution in [2.24, 2.45) is 0 Å². The molecule has 0 aliphatic carbocycles. The second kappa shape index (κ2) is 21.6. The number of aryl methyl sites for hydroxylation is 4. The maximum absolute atomic E-state index is 10.8. The van der Waals surface area contributed by atoms with Crippen LogP contribution in [0, 0.1) is 27.7 Å². The van der Waals surface area contributed by atoms with Crippen LogP contribution in [0.3, 0.4) is 0 Å². The number of hydrogen-bond acceptors (Lipinski definition) is 8. The number of methoxy groups -OCH3 is 2. The summed E-state index contributed by atoms with van der Waals surface area (Å²) in [5.74, 6) is 1.42. The second-order valence-electron chi connectivity index (χ2n) is 11.4. The smallest absolute Gasteiger partial charge is 0.305 e. The fraction of sp³-hybridized carbons (Fsp3) is 0.611. The van der Waals surface area contributed by atoms with Crippen molar-refractivity contribution < 1.29 is 38.7 Å². The first-order valence-corrected chi connectivity index (χ1v) is 15.9. The van der Waals surface area contributed by atoms with Crippen molar-refractivity contribution in [2.45, 2.75) is 118 Å². The third kappa shape index (κ3) is 14.6. The van der Waals surface area contributed by atoms with Gasteiger partial charge in [-0.3, -0.25) is 9.59 Å². The van der Waals surface area contributed by atoms with Crippen molar-refractivity contribution in [1.82, 2.24) is 0 Å². The van der Waals surface area contributed by atoms with Gasteiger partial charge in [-0.05, 0) is 111 Å². The van der Waals surface area contributed by atoms with Crippen LogP contribution in [0.5, 0.6) is 11.5 Å². The number of hydrogen-bond donors (Lipinski definition) is 2. The van der Waals surface area contributed by atoms with Gasteiger partial charge in [-0.15, -0.1) is 0 Å². The van der Waals surface area contributed by atoms with E-state index in [9.17, 15) is 19.8 Å². The molecule has 2 unspecified atom stereocenters. The number of rotatable bonds is 18. The molecule has 0 amide bonds. The zero-order chi connectivity index (χ0) is 33.1. The summed E-state index contributed by atoms with van der Waals surface area (Å²) >= 11 is 0. The van der Waals surface area contributed by atoms with Crippen LogP contribution >= 0.6 is 0 Å². The summed E-state index contributed by atoms with van der Waals surface area (Å²) in [6, 6.07) is 8.49. The first-order chi connectivity index (χ1) is 21.0. The quantitative estimate of drug-likeness (QED) is 0.132. The number of esters is 2. The highest BCUT2D eigenvalue weighted by Crippen LogP contribution is 2.34. The minimum atomic E-state index is -0.442. The third-order valence-electron chi connectivity index (χ3n) is 7.50. The second-order valence-corrected chi connectivity index (χ2v) is 11.4. The highest BCUT2D eigenvalue weighted by atomic mass is 16.5. The van der Waals surface area contributed by atoms with Crippen LogP contribution in [-0.4, -0.2) is 61.8 Å². The zero-order valence-electron chi connectivity index (χ0n) is 28.3. The summed E-state index contributed by atoms with van der Waals surface area (Å²) in [7, 11) is 2.82. The summed E-state index contributed by atoms with van der Waals surface area (Å²) in [5.41, 5.74) is 6.48. The molecule has 2 N–H and O–H groups in total. The molecular formula is C36H56O8. The van der Waals surface area contributed by atoms with Gasteiger partial charge in [0.15, 0.2) is 0 Å². The molecule has 248 valence electrons. The number of carbonyl (C=O) groups is 2. The van der Waals surface area contributed by atoms with E-state index in [-0.39, 0.29) is 11.9 Å². The first-order valence-electron chi connectivity index (χ1n) is 15.9. The van der Waals surface area contributed by atoms with Crippen molar-refractivity contribution in [3.8, 4) is 22.6 Å². The Hall–Kier alpha value is -3.10. The first kappa shape index (κ1) is 38.9. The van der Waals surface area contributed by atoms with Gasteiger partial charge in [0.1, 0.15) is 24.7 Å². The van der Waals surface area contributed by atoms with Gasteiger partial charge in [-0.25, -0.2) is 0 Å². The molecule has 0 spiro atoms. The van der Waals surface area contributed by atoms with E-state index in [1.807, 2.05) is 41.5 Å². The van der Waals surface area contributed by atoms with Crippen LogP contribution in [0.2, 0.25) is 0 Å². The Morgan fingerprint density at radius 1 is 0.591 bits per heavy atom. The average Bonchev–Trinajstić information content (AvgIpc) is 3.00. The monoisotopic (exact) mass is 616 g/mol. The third-order valence-corrected chi connectivity index (χ3v) is 7.50. The Morgan fingerprint density at radius 2 is 0.886 bits per heavy atom. The van der Waals surface area contributed by atoms with Crippen LogP contribution in [0.15, 0.2) is 24.3 Å². The van der Waals surface area contributed by atoms with Crippen molar-refractivity contribution in [3.05, 3.63) is 46.5 Å². The maximum atomic E-state index is 10.8. The largest absolute Gasteiger partial charge is 0.490 e. The number of unbranched alkanes of at least 4 members (excludes halogenated alkanes) is 5. The summed E-state index contributed by atoms with van der Waals surface area (Å²) in [6.07, 6.45) is 7.60. The van der Waals surface area contributed by atoms with E-state index >= 15 is 0 Å². The zero-order valence-corrected chi connectivity index (χ0v) is 28.3. The molecule has 0 aliphatic rings. The summed E-state index contributed by atoms with van der Waals surface area (Å²) in [5, 5.41) is 19.5. The number of aliphatic hydroxyl groups excluding tert-OH is 2. The van der Waals surface area contributed by atoms with Crippen molar-refractivity contribution in [2.75, 3.05) is 27.4 Å². The van der Waals surface area contributed by atoms with E-state index in [0.717, 1.165) is 83.4 Å². The molecule has 2 rings (SSSR count). The molecule has 2 aromatic rings. The normalized spacial score (nSPS) is 12.0. The van der Waals surface area contributed by atoms with Gasteiger partial charge in [0.25, 0.3) is 0 Å². The standard InChI is InChI=1S/C24H34O4.C12H22O4/c1-7-21(25)13-27-23-15(3)9-19(10-16(23)4)20-11-17(5)24(18(6)12-20)28-14-22(26)8-2;1-15-11(13)9-7-5-3-4-6-8-10-12(14)16-2/h9-12,21-22,25-26H,7-8,13-14H2,1-6H3;3-10H2,1-2H3. The average molecular weight is 617 g/mol. The lowest BCUT2D eigenvalue weighted by Crippen LogP contribution is -2.17. The molecule has 8 nitrogen and oxygen atoms in total. The fourth-order valence-electron chi connectivity index (χ4n) is 4.73. The molecule has 44 heavy (non-hydrogen) atoms. The van der Waals surface area contributed by atoms with E-state index in [2.05, 4.69) is 33.7 Å². The molecule has 0 fully saturated rings. The Bertz CT molecular complexity index is 1010. The molecule has 2 aromatic carbocycles. The molecule has 0 bridgehead atoms. The lowest BCUT2D eigenvalue weighted by molar-refractivity contribution is -0.141. The molecule has 0 saturated heterocycles. The van der Waals surface area contributed by atoms with Crippen molar-refractivity contribution in [1.29, 1.82) is 0 Å². The molecule has 2 atom stereocenters. The van der Waals surface area contributed by atoms with Crippen molar-refractivity contribution in [3.63, 3.8) is 0 Å². The Labute approximate surface area is 265 Å². The number of aliphatic hydroxyl groups is 2. The van der Waals surface area contributed by atoms with Crippen molar-refractivity contribution >= 4 is 11.9 Å². The summed E-state index contributed by atoms with van der Waals surface area (Å²) in [6.45, 7) is 12.6. The lowest BCUT2D eigenvalue weighted by Gasteiger charge is -2.18. The number of carbonyl (C=O) groups excluding carboxylic acids is 2. The predicted molar refractivity (Wildman–Crippen MR) is 175 cm³/mol. The van der Waals surface area contributed by atoms with Gasteiger partial charge >= 0.3 is 11.9 Å². The van der Waals surface area contributed by atoms with E-state index in [1.165, 1.54) is 14.2 Å². The SMILES string of the molecule is CCC(O)COc1c(C)cc(-c2cc(C)c(OCC(O)CC)c(C)c2)cc1C.COC(=O)CCCCCCCCC(=O)OC. The highest BCUT2D eigenvalue weighted by Gasteiger charge is 2.13. The van der Waals surface area contributed by atoms with E-state index < -0.39 is 12.2 Å². The fourth-order valence-corrected chi connectivity index (χ4v) is 4.73. The molecule has 8 heteroatoms. The van der Waals surface area contributed by atoms with Gasteiger partial charge in [0.05, 0.1) is 26.4 Å². The topological polar surface area (TPSA) is 112 Å². The van der Waals surface area contributed by atoms with Gasteiger partial charge in [0, 0.05) is 12.8 Å². The Kier molecular flexibility index (Phi) is 19.1. The highest BCUT2D eigenvalue weighted by molar-refractivity contribution is 5.70. The molecule has 0 radical (unpaired) electrons. The maximum Gasteiger partial charge on any atom is 0.305 e. The van der Waals surface area contributed by atoms with E-state index in [0.29, 0.717) is 38.9 Å². The Balaban J connectivity index is 0.000000517. The minimum absolute atomic E-state index is 0.134. The molecule has 0 heterocycles. The van der Waals surface area contributed by atoms with Gasteiger partial charge in [-0.1, -0.05) is 39.5 Å². The van der Waals surface area contributed by atoms with Gasteiger partial charge < -0.3 is 29.2 Å². The van der Waals surface area contributed by atoms with Gasteiger partial charge in [0.2, 0.25) is 0 Å². The Morgan fingerprint density at radius 3 is 1.16 bits per heavy atom. The van der Waals surface area contributed by atoms with Crippen LogP contribution in [0.25, 0.3) is 11.1 Å².